The van der Waals surface area contributed by atoms with Crippen LogP contribution in [0.3, 0.4) is 0 Å². The molecule has 0 spiro atoms. The molecule has 1 unspecified atom stereocenters. The standard InChI is InChI=1S/C21H29NO/c1-5-6-17(2)7-10-19(4)21(22-13-15-23-16-14-22)20-11-8-18(3)9-12-20/h5,7-12,21H,1,6,13-16H2,2-4H3/b17-7-,19-10+. The molecule has 0 bridgehead atoms. The molecule has 1 saturated heterocycles. The van der Waals surface area contributed by atoms with Crippen molar-refractivity contribution in [1.29, 1.82) is 0 Å². The molecular weight excluding hydrogens is 282 g/mol. The van der Waals surface area contributed by atoms with Crippen molar-refractivity contribution < 1.29 is 4.74 Å². The van der Waals surface area contributed by atoms with Crippen LogP contribution in [0.15, 0.2) is 60.2 Å². The van der Waals surface area contributed by atoms with E-state index < -0.39 is 0 Å². The molecule has 2 nitrogen and oxygen atoms in total. The number of morpholine rings is 1. The number of hydrogen-bond acceptors (Lipinski definition) is 2. The Morgan fingerprint density at radius 2 is 1.83 bits per heavy atom. The van der Waals surface area contributed by atoms with Crippen molar-refractivity contribution in [2.45, 2.75) is 33.2 Å². The number of ether oxygens (including phenoxy) is 1. The van der Waals surface area contributed by atoms with Crippen LogP contribution in [0.4, 0.5) is 0 Å². The minimum atomic E-state index is 0.326. The number of hydrogen-bond donors (Lipinski definition) is 0. The zero-order valence-electron chi connectivity index (χ0n) is 14.7. The van der Waals surface area contributed by atoms with Crippen LogP contribution in [0, 0.1) is 6.92 Å². The van der Waals surface area contributed by atoms with E-state index in [1.165, 1.54) is 22.3 Å². The van der Waals surface area contributed by atoms with E-state index in [1.807, 2.05) is 6.08 Å². The molecule has 1 aliphatic rings. The lowest BCUT2D eigenvalue weighted by Crippen LogP contribution is -2.39. The second-order valence-corrected chi connectivity index (χ2v) is 6.38. The fraction of sp³-hybridized carbons (Fsp3) is 0.429. The van der Waals surface area contributed by atoms with E-state index in [0.717, 1.165) is 32.7 Å². The number of benzene rings is 1. The van der Waals surface area contributed by atoms with Crippen LogP contribution in [0.2, 0.25) is 0 Å². The van der Waals surface area contributed by atoms with Gasteiger partial charge in [-0.1, -0.05) is 59.2 Å². The maximum absolute atomic E-state index is 5.53. The van der Waals surface area contributed by atoms with E-state index in [9.17, 15) is 0 Å². The number of nitrogens with zero attached hydrogens (tertiary/aromatic N) is 1. The van der Waals surface area contributed by atoms with Crippen molar-refractivity contribution in [3.8, 4) is 0 Å². The molecule has 0 saturated carbocycles. The van der Waals surface area contributed by atoms with E-state index in [1.54, 1.807) is 0 Å². The fourth-order valence-electron chi connectivity index (χ4n) is 3.01. The summed E-state index contributed by atoms with van der Waals surface area (Å²) in [5.74, 6) is 0. The first kappa shape index (κ1) is 17.7. The Kier molecular flexibility index (Phi) is 6.82. The van der Waals surface area contributed by atoms with Gasteiger partial charge in [0, 0.05) is 13.1 Å². The predicted molar refractivity (Wildman–Crippen MR) is 98.6 cm³/mol. The van der Waals surface area contributed by atoms with Gasteiger partial charge in [-0.3, -0.25) is 4.90 Å². The summed E-state index contributed by atoms with van der Waals surface area (Å²) in [6.45, 7) is 13.9. The van der Waals surface area contributed by atoms with E-state index in [0.29, 0.717) is 6.04 Å². The molecule has 0 N–H and O–H groups in total. The van der Waals surface area contributed by atoms with Gasteiger partial charge < -0.3 is 4.74 Å². The Morgan fingerprint density at radius 1 is 1.17 bits per heavy atom. The Morgan fingerprint density at radius 3 is 2.43 bits per heavy atom. The Balaban J connectivity index is 2.28. The van der Waals surface area contributed by atoms with E-state index in [4.69, 9.17) is 4.74 Å². The van der Waals surface area contributed by atoms with Crippen LogP contribution >= 0.6 is 0 Å². The van der Waals surface area contributed by atoms with E-state index in [-0.39, 0.29) is 0 Å². The highest BCUT2D eigenvalue weighted by Crippen LogP contribution is 2.29. The second-order valence-electron chi connectivity index (χ2n) is 6.38. The molecule has 1 atom stereocenters. The zero-order chi connectivity index (χ0) is 16.7. The molecule has 1 aromatic carbocycles. The van der Waals surface area contributed by atoms with E-state index in [2.05, 4.69) is 68.7 Å². The van der Waals surface area contributed by atoms with Crippen LogP contribution in [0.5, 0.6) is 0 Å². The van der Waals surface area contributed by atoms with Gasteiger partial charge in [0.2, 0.25) is 0 Å². The summed E-state index contributed by atoms with van der Waals surface area (Å²) < 4.78 is 5.53. The summed E-state index contributed by atoms with van der Waals surface area (Å²) >= 11 is 0. The molecule has 1 aliphatic heterocycles. The largest absolute Gasteiger partial charge is 0.379 e. The quantitative estimate of drug-likeness (QED) is 0.551. The highest BCUT2D eigenvalue weighted by Gasteiger charge is 2.23. The molecule has 2 heteroatoms. The van der Waals surface area contributed by atoms with Crippen LogP contribution < -0.4 is 0 Å². The molecule has 1 heterocycles. The van der Waals surface area contributed by atoms with Gasteiger partial charge in [-0.05, 0) is 32.8 Å². The third kappa shape index (κ3) is 5.19. The lowest BCUT2D eigenvalue weighted by molar-refractivity contribution is 0.0232. The van der Waals surface area contributed by atoms with Crippen molar-refractivity contribution >= 4 is 0 Å². The SMILES string of the molecule is C=CC/C(C)=C\C=C(/C)C(c1ccc(C)cc1)N1CCOCC1. The van der Waals surface area contributed by atoms with Crippen molar-refractivity contribution in [3.05, 3.63) is 71.3 Å². The molecule has 124 valence electrons. The summed E-state index contributed by atoms with van der Waals surface area (Å²) in [5, 5.41) is 0. The topological polar surface area (TPSA) is 12.5 Å². The lowest BCUT2D eigenvalue weighted by atomic mass is 9.96. The normalized spacial score (nSPS) is 18.7. The zero-order valence-corrected chi connectivity index (χ0v) is 14.7. The Hall–Kier alpha value is -1.64. The van der Waals surface area contributed by atoms with Crippen molar-refractivity contribution in [2.24, 2.45) is 0 Å². The van der Waals surface area contributed by atoms with Gasteiger partial charge in [0.1, 0.15) is 0 Å². The monoisotopic (exact) mass is 311 g/mol. The van der Waals surface area contributed by atoms with Gasteiger partial charge >= 0.3 is 0 Å². The average Bonchev–Trinajstić information content (AvgIpc) is 2.56. The van der Waals surface area contributed by atoms with Gasteiger partial charge in [0.05, 0.1) is 19.3 Å². The minimum Gasteiger partial charge on any atom is -0.379 e. The molecular formula is C21H29NO. The molecule has 1 fully saturated rings. The van der Waals surface area contributed by atoms with E-state index >= 15 is 0 Å². The lowest BCUT2D eigenvalue weighted by Gasteiger charge is -2.35. The summed E-state index contributed by atoms with van der Waals surface area (Å²) in [7, 11) is 0. The first-order valence-electron chi connectivity index (χ1n) is 8.45. The third-order valence-electron chi connectivity index (χ3n) is 4.33. The summed E-state index contributed by atoms with van der Waals surface area (Å²) in [6.07, 6.45) is 7.38. The van der Waals surface area contributed by atoms with Crippen molar-refractivity contribution in [3.63, 3.8) is 0 Å². The molecule has 23 heavy (non-hydrogen) atoms. The maximum atomic E-state index is 5.53. The second kappa shape index (κ2) is 8.85. The van der Waals surface area contributed by atoms with Crippen LogP contribution in [-0.2, 0) is 4.74 Å². The number of rotatable bonds is 6. The van der Waals surface area contributed by atoms with Gasteiger partial charge in [0.15, 0.2) is 0 Å². The van der Waals surface area contributed by atoms with Gasteiger partial charge in [-0.15, -0.1) is 6.58 Å². The highest BCUT2D eigenvalue weighted by atomic mass is 16.5. The molecule has 2 rings (SSSR count). The molecule has 0 amide bonds. The van der Waals surface area contributed by atoms with Crippen molar-refractivity contribution in [2.75, 3.05) is 26.3 Å². The first-order valence-corrected chi connectivity index (χ1v) is 8.45. The van der Waals surface area contributed by atoms with Crippen molar-refractivity contribution in [1.82, 2.24) is 4.90 Å². The first-order chi connectivity index (χ1) is 11.1. The predicted octanol–water partition coefficient (Wildman–Crippen LogP) is 4.84. The summed E-state index contributed by atoms with van der Waals surface area (Å²) in [6, 6.07) is 9.25. The van der Waals surface area contributed by atoms with Gasteiger partial charge in [0.25, 0.3) is 0 Å². The maximum Gasteiger partial charge on any atom is 0.0594 e. The fourth-order valence-corrected chi connectivity index (χ4v) is 3.01. The minimum absolute atomic E-state index is 0.326. The molecule has 1 aromatic rings. The number of allylic oxidation sites excluding steroid dienone is 4. The average molecular weight is 311 g/mol. The van der Waals surface area contributed by atoms with Crippen LogP contribution in [0.25, 0.3) is 0 Å². The van der Waals surface area contributed by atoms with Gasteiger partial charge in [-0.2, -0.15) is 0 Å². The molecule has 0 aliphatic carbocycles. The van der Waals surface area contributed by atoms with Crippen LogP contribution in [0.1, 0.15) is 37.4 Å². The van der Waals surface area contributed by atoms with Crippen LogP contribution in [-0.4, -0.2) is 31.2 Å². The summed E-state index contributed by atoms with van der Waals surface area (Å²) in [4.78, 5) is 2.52. The Labute approximate surface area is 141 Å². The molecule has 0 radical (unpaired) electrons. The highest BCUT2D eigenvalue weighted by molar-refractivity contribution is 5.32. The Bertz CT molecular complexity index is 562. The molecule has 0 aromatic heterocycles. The number of aryl methyl sites for hydroxylation is 1. The summed E-state index contributed by atoms with van der Waals surface area (Å²) in [5.41, 5.74) is 5.38. The smallest absolute Gasteiger partial charge is 0.0594 e. The third-order valence-corrected chi connectivity index (χ3v) is 4.33. The van der Waals surface area contributed by atoms with Gasteiger partial charge in [-0.25, -0.2) is 0 Å².